The standard InChI is InChI=1S/C19H16N2O4/c22-16-6-3-5-15-13(16)9-14(19(24)21-15)18(23)20-10-12-8-11-4-1-2-7-17(11)25-12/h1-2,4,7-9H,3,5-6,10H2,(H,20,23)(H,21,24). The highest BCUT2D eigenvalue weighted by Gasteiger charge is 2.22. The van der Waals surface area contributed by atoms with Crippen molar-refractivity contribution < 1.29 is 14.0 Å². The lowest BCUT2D eigenvalue weighted by molar-refractivity contribution is 0.0946. The molecule has 6 nitrogen and oxygen atoms in total. The van der Waals surface area contributed by atoms with E-state index < -0.39 is 11.5 Å². The summed E-state index contributed by atoms with van der Waals surface area (Å²) >= 11 is 0. The van der Waals surface area contributed by atoms with Crippen LogP contribution in [0.3, 0.4) is 0 Å². The quantitative estimate of drug-likeness (QED) is 0.769. The monoisotopic (exact) mass is 336 g/mol. The summed E-state index contributed by atoms with van der Waals surface area (Å²) in [6, 6.07) is 10.8. The van der Waals surface area contributed by atoms with Gasteiger partial charge < -0.3 is 14.7 Å². The van der Waals surface area contributed by atoms with Gasteiger partial charge in [0, 0.05) is 23.1 Å². The second-order valence-corrected chi connectivity index (χ2v) is 6.11. The molecular weight excluding hydrogens is 320 g/mol. The number of nitrogens with one attached hydrogen (secondary N) is 2. The molecule has 6 heteroatoms. The van der Waals surface area contributed by atoms with Crippen LogP contribution in [0, 0.1) is 0 Å². The first kappa shape index (κ1) is 15.4. The molecule has 0 saturated carbocycles. The number of carbonyl (C=O) groups excluding carboxylic acids is 2. The summed E-state index contributed by atoms with van der Waals surface area (Å²) in [5, 5.41) is 3.62. The number of aromatic amines is 1. The zero-order valence-electron chi connectivity index (χ0n) is 13.4. The van der Waals surface area contributed by atoms with Crippen molar-refractivity contribution in [1.82, 2.24) is 10.3 Å². The maximum absolute atomic E-state index is 12.4. The van der Waals surface area contributed by atoms with Gasteiger partial charge in [0.25, 0.3) is 11.5 Å². The van der Waals surface area contributed by atoms with Crippen molar-refractivity contribution in [1.29, 1.82) is 0 Å². The van der Waals surface area contributed by atoms with Crippen molar-refractivity contribution >= 4 is 22.7 Å². The van der Waals surface area contributed by atoms with Crippen LogP contribution in [0.2, 0.25) is 0 Å². The molecule has 0 atom stereocenters. The lowest BCUT2D eigenvalue weighted by Gasteiger charge is -2.14. The molecule has 0 radical (unpaired) electrons. The lowest BCUT2D eigenvalue weighted by Crippen LogP contribution is -2.31. The van der Waals surface area contributed by atoms with E-state index in [4.69, 9.17) is 4.42 Å². The minimum atomic E-state index is -0.525. The molecule has 25 heavy (non-hydrogen) atoms. The number of fused-ring (bicyclic) bond motifs is 2. The highest BCUT2D eigenvalue weighted by molar-refractivity contribution is 6.01. The summed E-state index contributed by atoms with van der Waals surface area (Å²) in [4.78, 5) is 39.2. The second kappa shape index (κ2) is 6.05. The highest BCUT2D eigenvalue weighted by Crippen LogP contribution is 2.20. The van der Waals surface area contributed by atoms with Gasteiger partial charge in [-0.1, -0.05) is 18.2 Å². The molecule has 0 bridgehead atoms. The number of rotatable bonds is 3. The normalized spacial score (nSPS) is 13.7. The van der Waals surface area contributed by atoms with E-state index >= 15 is 0 Å². The predicted molar refractivity (Wildman–Crippen MR) is 91.7 cm³/mol. The smallest absolute Gasteiger partial charge is 0.261 e. The number of para-hydroxylation sites is 1. The number of hydrogen-bond donors (Lipinski definition) is 2. The first-order chi connectivity index (χ1) is 12.1. The summed E-state index contributed by atoms with van der Waals surface area (Å²) in [5.41, 5.74) is 1.28. The number of furan rings is 1. The molecule has 3 aromatic rings. The number of hydrogen-bond acceptors (Lipinski definition) is 4. The Balaban J connectivity index is 1.55. The van der Waals surface area contributed by atoms with E-state index in [-0.39, 0.29) is 17.9 Å². The van der Waals surface area contributed by atoms with Crippen molar-refractivity contribution in [3.8, 4) is 0 Å². The van der Waals surface area contributed by atoms with E-state index in [0.717, 1.165) is 17.4 Å². The Labute approximate surface area is 142 Å². The molecule has 0 fully saturated rings. The first-order valence-electron chi connectivity index (χ1n) is 8.17. The minimum Gasteiger partial charge on any atom is -0.459 e. The number of Topliss-reactive ketones (excluding diaryl/α,β-unsaturated/α-hetero) is 1. The minimum absolute atomic E-state index is 0.0381. The number of pyridine rings is 1. The molecule has 1 aliphatic rings. The molecule has 1 aromatic carbocycles. The average Bonchev–Trinajstić information content (AvgIpc) is 3.02. The maximum atomic E-state index is 12.4. The van der Waals surface area contributed by atoms with Gasteiger partial charge in [-0.15, -0.1) is 0 Å². The molecule has 2 N–H and O–H groups in total. The third-order valence-corrected chi connectivity index (χ3v) is 4.40. The maximum Gasteiger partial charge on any atom is 0.261 e. The third kappa shape index (κ3) is 2.87. The van der Waals surface area contributed by atoms with Gasteiger partial charge in [0.05, 0.1) is 6.54 Å². The molecule has 0 spiro atoms. The summed E-state index contributed by atoms with van der Waals surface area (Å²) in [6.45, 7) is 0.165. The van der Waals surface area contributed by atoms with Crippen molar-refractivity contribution in [2.45, 2.75) is 25.8 Å². The van der Waals surface area contributed by atoms with Crippen molar-refractivity contribution in [3.63, 3.8) is 0 Å². The van der Waals surface area contributed by atoms with Crippen molar-refractivity contribution in [3.05, 3.63) is 69.3 Å². The number of carbonyl (C=O) groups is 2. The van der Waals surface area contributed by atoms with E-state index in [1.807, 2.05) is 30.3 Å². The molecule has 0 saturated heterocycles. The highest BCUT2D eigenvalue weighted by atomic mass is 16.3. The zero-order chi connectivity index (χ0) is 17.4. The van der Waals surface area contributed by atoms with Gasteiger partial charge in [-0.05, 0) is 31.0 Å². The summed E-state index contributed by atoms with van der Waals surface area (Å²) in [5.74, 6) is 0.0340. The van der Waals surface area contributed by atoms with Crippen LogP contribution in [0.4, 0.5) is 0 Å². The van der Waals surface area contributed by atoms with E-state index in [2.05, 4.69) is 10.3 Å². The van der Waals surface area contributed by atoms with Crippen molar-refractivity contribution in [2.75, 3.05) is 0 Å². The van der Waals surface area contributed by atoms with Gasteiger partial charge in [-0.3, -0.25) is 14.4 Å². The van der Waals surface area contributed by atoms with E-state index in [0.29, 0.717) is 29.9 Å². The van der Waals surface area contributed by atoms with Crippen LogP contribution in [-0.2, 0) is 13.0 Å². The molecule has 1 aliphatic carbocycles. The van der Waals surface area contributed by atoms with E-state index in [1.165, 1.54) is 6.07 Å². The van der Waals surface area contributed by atoms with Gasteiger partial charge >= 0.3 is 0 Å². The van der Waals surface area contributed by atoms with Crippen LogP contribution >= 0.6 is 0 Å². The molecule has 2 aromatic heterocycles. The van der Waals surface area contributed by atoms with E-state index in [9.17, 15) is 14.4 Å². The van der Waals surface area contributed by atoms with Crippen LogP contribution in [-0.4, -0.2) is 16.7 Å². The molecule has 0 aliphatic heterocycles. The molecular formula is C19H16N2O4. The van der Waals surface area contributed by atoms with Gasteiger partial charge in [-0.2, -0.15) is 0 Å². The van der Waals surface area contributed by atoms with Crippen molar-refractivity contribution in [2.24, 2.45) is 0 Å². The number of aromatic nitrogens is 1. The van der Waals surface area contributed by atoms with Crippen LogP contribution < -0.4 is 10.9 Å². The number of benzene rings is 1. The SMILES string of the molecule is O=C1CCCc2[nH]c(=O)c(C(=O)NCc3cc4ccccc4o3)cc21. The van der Waals surface area contributed by atoms with Crippen LogP contribution in [0.5, 0.6) is 0 Å². The number of aryl methyl sites for hydroxylation is 1. The van der Waals surface area contributed by atoms with E-state index in [1.54, 1.807) is 0 Å². The molecule has 0 unspecified atom stereocenters. The topological polar surface area (TPSA) is 92.2 Å². The zero-order valence-corrected chi connectivity index (χ0v) is 13.4. The second-order valence-electron chi connectivity index (χ2n) is 6.11. The summed E-state index contributed by atoms with van der Waals surface area (Å²) in [6.07, 6.45) is 1.82. The number of H-pyrrole nitrogens is 1. The number of amides is 1. The summed E-state index contributed by atoms with van der Waals surface area (Å²) in [7, 11) is 0. The average molecular weight is 336 g/mol. The molecule has 4 rings (SSSR count). The van der Waals surface area contributed by atoms with Gasteiger partial charge in [0.2, 0.25) is 0 Å². The number of ketones is 1. The molecule has 1 amide bonds. The predicted octanol–water partition coefficient (Wildman–Crippen LogP) is 2.57. The Kier molecular flexibility index (Phi) is 3.72. The fourth-order valence-electron chi connectivity index (χ4n) is 3.13. The van der Waals surface area contributed by atoms with Crippen LogP contribution in [0.25, 0.3) is 11.0 Å². The summed E-state index contributed by atoms with van der Waals surface area (Å²) < 4.78 is 5.64. The Hall–Kier alpha value is -3.15. The largest absolute Gasteiger partial charge is 0.459 e. The lowest BCUT2D eigenvalue weighted by atomic mass is 9.93. The van der Waals surface area contributed by atoms with Gasteiger partial charge in [0.15, 0.2) is 5.78 Å². The van der Waals surface area contributed by atoms with Crippen LogP contribution in [0.15, 0.2) is 45.6 Å². The Bertz CT molecular complexity index is 1010. The Morgan fingerprint density at radius 3 is 2.84 bits per heavy atom. The van der Waals surface area contributed by atoms with Gasteiger partial charge in [0.1, 0.15) is 16.9 Å². The first-order valence-corrected chi connectivity index (χ1v) is 8.17. The Morgan fingerprint density at radius 1 is 1.16 bits per heavy atom. The third-order valence-electron chi connectivity index (χ3n) is 4.40. The fourth-order valence-corrected chi connectivity index (χ4v) is 3.13. The molecule has 126 valence electrons. The Morgan fingerprint density at radius 2 is 2.00 bits per heavy atom. The van der Waals surface area contributed by atoms with Gasteiger partial charge in [-0.25, -0.2) is 0 Å². The fraction of sp³-hybridized carbons (Fsp3) is 0.211. The molecule has 2 heterocycles. The van der Waals surface area contributed by atoms with Crippen LogP contribution in [0.1, 0.15) is 45.0 Å².